The van der Waals surface area contributed by atoms with Crippen LogP contribution >= 0.6 is 0 Å². The smallest absolute Gasteiger partial charge is 0.275 e. The first-order valence-corrected chi connectivity index (χ1v) is 11.0. The van der Waals surface area contributed by atoms with Gasteiger partial charge in [-0.3, -0.25) is 14.9 Å². The lowest BCUT2D eigenvalue weighted by Gasteiger charge is -2.17. The number of nitrogens with one attached hydrogen (secondary N) is 1. The molecule has 2 heterocycles. The van der Waals surface area contributed by atoms with Gasteiger partial charge < -0.3 is 4.74 Å². The van der Waals surface area contributed by atoms with Crippen molar-refractivity contribution in [2.75, 3.05) is 7.11 Å². The maximum Gasteiger partial charge on any atom is 0.275 e. The first-order valence-electron chi connectivity index (χ1n) is 11.0. The Hall–Kier alpha value is -4.12. The number of hydrogen-bond acceptors (Lipinski definition) is 3. The normalized spacial score (nSPS) is 12.1. The maximum absolute atomic E-state index is 13.6. The van der Waals surface area contributed by atoms with Gasteiger partial charge in [0, 0.05) is 34.7 Å². The fourth-order valence-electron chi connectivity index (χ4n) is 4.38. The molecule has 0 spiro atoms. The maximum atomic E-state index is 13.6. The fourth-order valence-corrected chi connectivity index (χ4v) is 4.38. The van der Waals surface area contributed by atoms with Gasteiger partial charge in [-0.05, 0) is 48.9 Å². The van der Waals surface area contributed by atoms with Crippen LogP contribution in [0.2, 0.25) is 0 Å². The van der Waals surface area contributed by atoms with Crippen molar-refractivity contribution in [2.45, 2.75) is 19.3 Å². The molecule has 2 aromatic heterocycles. The van der Waals surface area contributed by atoms with Gasteiger partial charge in [0.1, 0.15) is 5.75 Å². The zero-order valence-corrected chi connectivity index (χ0v) is 18.7. The number of rotatable bonds is 6. The molecule has 1 unspecified atom stereocenters. The number of aromatic amines is 1. The van der Waals surface area contributed by atoms with Crippen molar-refractivity contribution in [1.29, 1.82) is 0 Å². The zero-order valence-electron chi connectivity index (χ0n) is 18.7. The van der Waals surface area contributed by atoms with Crippen molar-refractivity contribution >= 4 is 10.9 Å². The van der Waals surface area contributed by atoms with Crippen LogP contribution in [0.1, 0.15) is 28.4 Å². The van der Waals surface area contributed by atoms with Gasteiger partial charge in [0.05, 0.1) is 18.3 Å². The Labute approximate surface area is 192 Å². The second kappa shape index (κ2) is 8.79. The molecule has 0 aliphatic rings. The molecule has 33 heavy (non-hydrogen) atoms. The van der Waals surface area contributed by atoms with E-state index in [1.165, 1.54) is 0 Å². The number of H-pyrrole nitrogens is 1. The van der Waals surface area contributed by atoms with E-state index in [0.717, 1.165) is 44.9 Å². The summed E-state index contributed by atoms with van der Waals surface area (Å²) >= 11 is 0. The van der Waals surface area contributed by atoms with Crippen LogP contribution in [0.4, 0.5) is 0 Å². The number of nitrogens with zero attached hydrogens (tertiary/aromatic N) is 2. The van der Waals surface area contributed by atoms with Crippen molar-refractivity contribution in [1.82, 2.24) is 14.8 Å². The van der Waals surface area contributed by atoms with Gasteiger partial charge in [-0.1, -0.05) is 54.6 Å². The summed E-state index contributed by atoms with van der Waals surface area (Å²) in [7, 11) is 1.65. The van der Waals surface area contributed by atoms with Gasteiger partial charge in [0.25, 0.3) is 5.56 Å². The number of ether oxygens (including phenoxy) is 1. The van der Waals surface area contributed by atoms with Gasteiger partial charge in [-0.15, -0.1) is 0 Å². The van der Waals surface area contributed by atoms with E-state index in [1.54, 1.807) is 11.8 Å². The van der Waals surface area contributed by atoms with E-state index in [0.29, 0.717) is 6.42 Å². The Bertz CT molecular complexity index is 1450. The van der Waals surface area contributed by atoms with Gasteiger partial charge in [0.2, 0.25) is 0 Å². The summed E-state index contributed by atoms with van der Waals surface area (Å²) in [5, 5.41) is 4.38. The molecule has 3 aromatic carbocycles. The number of aryl methyl sites for hydroxylation is 1. The van der Waals surface area contributed by atoms with Crippen LogP contribution in [0, 0.1) is 6.92 Å². The second-order valence-corrected chi connectivity index (χ2v) is 8.15. The number of aromatic nitrogens is 3. The largest absolute Gasteiger partial charge is 0.497 e. The predicted molar refractivity (Wildman–Crippen MR) is 131 cm³/mol. The fraction of sp³-hybridized carbons (Fsp3) is 0.143. The molecule has 0 saturated heterocycles. The minimum Gasteiger partial charge on any atom is -0.497 e. The third-order valence-electron chi connectivity index (χ3n) is 6.07. The molecule has 0 aliphatic heterocycles. The van der Waals surface area contributed by atoms with Crippen molar-refractivity contribution in [3.05, 3.63) is 124 Å². The molecule has 5 heteroatoms. The highest BCUT2D eigenvalue weighted by molar-refractivity contribution is 5.78. The SMILES string of the molecule is COc1ccc(C(Cc2ccc3ccccc3n2)c2c(C)[nH]n(-c3ccccc3)c2=O)cc1. The summed E-state index contributed by atoms with van der Waals surface area (Å²) in [5.74, 6) is 0.632. The third kappa shape index (κ3) is 4.05. The van der Waals surface area contributed by atoms with Crippen LogP contribution in [0.5, 0.6) is 5.75 Å². The van der Waals surface area contributed by atoms with Crippen LogP contribution < -0.4 is 10.3 Å². The average Bonchev–Trinajstić information content (AvgIpc) is 3.16. The molecule has 0 radical (unpaired) electrons. The van der Waals surface area contributed by atoms with E-state index in [-0.39, 0.29) is 11.5 Å². The van der Waals surface area contributed by atoms with Gasteiger partial charge in [-0.25, -0.2) is 4.68 Å². The monoisotopic (exact) mass is 435 g/mol. The van der Waals surface area contributed by atoms with Gasteiger partial charge in [-0.2, -0.15) is 0 Å². The van der Waals surface area contributed by atoms with Crippen molar-refractivity contribution < 1.29 is 4.74 Å². The van der Waals surface area contributed by atoms with Gasteiger partial charge >= 0.3 is 0 Å². The Kier molecular flexibility index (Phi) is 5.53. The number of para-hydroxylation sites is 2. The Morgan fingerprint density at radius 1 is 0.909 bits per heavy atom. The number of hydrogen-bond donors (Lipinski definition) is 1. The number of benzene rings is 3. The van der Waals surface area contributed by atoms with Crippen LogP contribution in [0.15, 0.2) is 95.8 Å². The molecule has 164 valence electrons. The van der Waals surface area contributed by atoms with E-state index >= 15 is 0 Å². The highest BCUT2D eigenvalue weighted by Crippen LogP contribution is 2.30. The Morgan fingerprint density at radius 2 is 1.64 bits per heavy atom. The van der Waals surface area contributed by atoms with E-state index in [1.807, 2.05) is 79.7 Å². The first-order chi connectivity index (χ1) is 16.1. The second-order valence-electron chi connectivity index (χ2n) is 8.15. The molecule has 0 aliphatic carbocycles. The zero-order chi connectivity index (χ0) is 22.8. The summed E-state index contributed by atoms with van der Waals surface area (Å²) < 4.78 is 6.97. The minimum absolute atomic E-state index is 0.0414. The Morgan fingerprint density at radius 3 is 2.39 bits per heavy atom. The lowest BCUT2D eigenvalue weighted by atomic mass is 9.87. The standard InChI is InChI=1S/C28H25N3O2/c1-19-27(28(32)31(30-19)23-9-4-3-5-10-23)25(20-13-16-24(33-2)17-14-20)18-22-15-12-21-8-6-7-11-26(21)29-22/h3-17,25,30H,18H2,1-2H3. The third-order valence-corrected chi connectivity index (χ3v) is 6.07. The number of methoxy groups -OCH3 is 1. The highest BCUT2D eigenvalue weighted by Gasteiger charge is 2.24. The first kappa shape index (κ1) is 20.8. The number of pyridine rings is 1. The van der Waals surface area contributed by atoms with Crippen LogP contribution in [-0.4, -0.2) is 21.9 Å². The van der Waals surface area contributed by atoms with Crippen LogP contribution in [0.3, 0.4) is 0 Å². The molecular formula is C28H25N3O2. The van der Waals surface area contributed by atoms with E-state index < -0.39 is 0 Å². The quantitative estimate of drug-likeness (QED) is 0.388. The molecule has 5 aromatic rings. The lowest BCUT2D eigenvalue weighted by molar-refractivity contribution is 0.414. The summed E-state index contributed by atoms with van der Waals surface area (Å²) in [6.45, 7) is 1.96. The molecule has 1 N–H and O–H groups in total. The van der Waals surface area contributed by atoms with Crippen molar-refractivity contribution in [2.24, 2.45) is 0 Å². The van der Waals surface area contributed by atoms with Crippen molar-refractivity contribution in [3.63, 3.8) is 0 Å². The molecule has 5 rings (SSSR count). The Balaban J connectivity index is 1.62. The highest BCUT2D eigenvalue weighted by atomic mass is 16.5. The summed E-state index contributed by atoms with van der Waals surface area (Å²) in [4.78, 5) is 18.5. The van der Waals surface area contributed by atoms with Crippen LogP contribution in [0.25, 0.3) is 16.6 Å². The number of fused-ring (bicyclic) bond motifs is 1. The molecule has 0 fully saturated rings. The van der Waals surface area contributed by atoms with Crippen molar-refractivity contribution in [3.8, 4) is 11.4 Å². The summed E-state index contributed by atoms with van der Waals surface area (Å²) in [6.07, 6.45) is 0.611. The molecule has 1 atom stereocenters. The topological polar surface area (TPSA) is 59.9 Å². The molecule has 0 bridgehead atoms. The average molecular weight is 436 g/mol. The van der Waals surface area contributed by atoms with E-state index in [2.05, 4.69) is 23.3 Å². The summed E-state index contributed by atoms with van der Waals surface area (Å²) in [6, 6.07) is 29.8. The predicted octanol–water partition coefficient (Wildman–Crippen LogP) is 5.41. The lowest BCUT2D eigenvalue weighted by Crippen LogP contribution is -2.21. The molecule has 0 saturated carbocycles. The minimum atomic E-state index is -0.154. The molecule has 5 nitrogen and oxygen atoms in total. The molecule has 0 amide bonds. The van der Waals surface area contributed by atoms with Gasteiger partial charge in [0.15, 0.2) is 0 Å². The summed E-state index contributed by atoms with van der Waals surface area (Å²) in [5.41, 5.74) is 5.32. The molecular weight excluding hydrogens is 410 g/mol. The van der Waals surface area contributed by atoms with Crippen LogP contribution in [-0.2, 0) is 6.42 Å². The van der Waals surface area contributed by atoms with E-state index in [4.69, 9.17) is 9.72 Å². The van der Waals surface area contributed by atoms with E-state index in [9.17, 15) is 4.79 Å².